The molecule has 0 saturated carbocycles. The topological polar surface area (TPSA) is 112 Å². The minimum Gasteiger partial charge on any atom is -0.435 e. The summed E-state index contributed by atoms with van der Waals surface area (Å²) in [5.41, 5.74) is 10.2. The molecule has 0 radical (unpaired) electrons. The van der Waals surface area contributed by atoms with Crippen LogP contribution in [0.4, 0.5) is 8.78 Å². The standard InChI is InChI=1S/C17H11F2N3O3/c18-10-2-1-3-11(19)12(10)17-22-13(16(21)24)14(25-17)8-4-6-9(7-5-8)15(20)23/h1-7H,(H2,20,23)(H2,21,24). The van der Waals surface area contributed by atoms with E-state index >= 15 is 0 Å². The zero-order chi connectivity index (χ0) is 18.1. The van der Waals surface area contributed by atoms with Gasteiger partial charge in [-0.15, -0.1) is 0 Å². The average Bonchev–Trinajstić information content (AvgIpc) is 3.00. The molecule has 6 nitrogen and oxygen atoms in total. The smallest absolute Gasteiger partial charge is 0.271 e. The molecule has 2 amide bonds. The second-order valence-corrected chi connectivity index (χ2v) is 5.10. The van der Waals surface area contributed by atoms with Crippen LogP contribution < -0.4 is 11.5 Å². The van der Waals surface area contributed by atoms with Gasteiger partial charge in [-0.3, -0.25) is 9.59 Å². The van der Waals surface area contributed by atoms with Crippen LogP contribution in [0.1, 0.15) is 20.8 Å². The number of carbonyl (C=O) groups excluding carboxylic acids is 2. The van der Waals surface area contributed by atoms with Gasteiger partial charge in [0.25, 0.3) is 5.91 Å². The fraction of sp³-hybridized carbons (Fsp3) is 0. The highest BCUT2D eigenvalue weighted by atomic mass is 19.1. The molecule has 1 heterocycles. The number of rotatable bonds is 4. The average molecular weight is 343 g/mol. The van der Waals surface area contributed by atoms with Crippen molar-refractivity contribution >= 4 is 11.8 Å². The van der Waals surface area contributed by atoms with Crippen LogP contribution in [0, 0.1) is 11.6 Å². The third-order valence-corrected chi connectivity index (χ3v) is 3.47. The molecule has 0 unspecified atom stereocenters. The fourth-order valence-electron chi connectivity index (χ4n) is 2.28. The van der Waals surface area contributed by atoms with E-state index in [1.807, 2.05) is 0 Å². The molecule has 25 heavy (non-hydrogen) atoms. The van der Waals surface area contributed by atoms with Crippen molar-refractivity contribution in [3.63, 3.8) is 0 Å². The van der Waals surface area contributed by atoms with Gasteiger partial charge in [-0.05, 0) is 24.3 Å². The highest BCUT2D eigenvalue weighted by Crippen LogP contribution is 2.32. The highest BCUT2D eigenvalue weighted by Gasteiger charge is 2.24. The Balaban J connectivity index is 2.16. The van der Waals surface area contributed by atoms with Gasteiger partial charge in [-0.1, -0.05) is 18.2 Å². The van der Waals surface area contributed by atoms with E-state index in [-0.39, 0.29) is 17.0 Å². The maximum Gasteiger partial charge on any atom is 0.271 e. The first-order valence-electron chi connectivity index (χ1n) is 7.03. The molecule has 0 bridgehead atoms. The molecule has 4 N–H and O–H groups in total. The van der Waals surface area contributed by atoms with Crippen LogP contribution in [0.15, 0.2) is 46.9 Å². The zero-order valence-electron chi connectivity index (χ0n) is 12.6. The quantitative estimate of drug-likeness (QED) is 0.758. The molecule has 0 spiro atoms. The Morgan fingerprint density at radius 1 is 0.920 bits per heavy atom. The van der Waals surface area contributed by atoms with Crippen LogP contribution in [-0.2, 0) is 0 Å². The summed E-state index contributed by atoms with van der Waals surface area (Å²) < 4.78 is 33.2. The molecule has 8 heteroatoms. The fourth-order valence-corrected chi connectivity index (χ4v) is 2.28. The monoisotopic (exact) mass is 343 g/mol. The summed E-state index contributed by atoms with van der Waals surface area (Å²) in [6, 6.07) is 8.99. The van der Waals surface area contributed by atoms with Crippen molar-refractivity contribution in [1.29, 1.82) is 0 Å². The predicted octanol–water partition coefficient (Wildman–Crippen LogP) is 2.48. The van der Waals surface area contributed by atoms with Gasteiger partial charge in [0.15, 0.2) is 11.5 Å². The summed E-state index contributed by atoms with van der Waals surface area (Å²) in [5, 5.41) is 0. The number of nitrogens with zero attached hydrogens (tertiary/aromatic N) is 1. The number of nitrogens with two attached hydrogens (primary N) is 2. The lowest BCUT2D eigenvalue weighted by atomic mass is 10.1. The lowest BCUT2D eigenvalue weighted by Crippen LogP contribution is -2.13. The first-order valence-corrected chi connectivity index (χ1v) is 7.03. The zero-order valence-corrected chi connectivity index (χ0v) is 12.6. The number of aromatic nitrogens is 1. The minimum atomic E-state index is -0.930. The number of amides is 2. The molecule has 1 aromatic heterocycles. The number of hydrogen-bond donors (Lipinski definition) is 2. The molecule has 0 aliphatic rings. The van der Waals surface area contributed by atoms with Gasteiger partial charge >= 0.3 is 0 Å². The molecular weight excluding hydrogens is 332 g/mol. The molecule has 3 rings (SSSR count). The lowest BCUT2D eigenvalue weighted by molar-refractivity contribution is 0.0989. The maximum absolute atomic E-state index is 13.9. The first-order chi connectivity index (χ1) is 11.9. The number of carbonyl (C=O) groups is 2. The van der Waals surface area contributed by atoms with Gasteiger partial charge in [0.2, 0.25) is 11.8 Å². The molecule has 0 aliphatic heterocycles. The van der Waals surface area contributed by atoms with E-state index in [9.17, 15) is 18.4 Å². The summed E-state index contributed by atoms with van der Waals surface area (Å²) in [7, 11) is 0. The Labute approximate surface area is 140 Å². The van der Waals surface area contributed by atoms with Crippen molar-refractivity contribution in [2.75, 3.05) is 0 Å². The lowest BCUT2D eigenvalue weighted by Gasteiger charge is -2.01. The molecule has 126 valence electrons. The van der Waals surface area contributed by atoms with Crippen LogP contribution in [0.5, 0.6) is 0 Å². The highest BCUT2D eigenvalue weighted by molar-refractivity contribution is 5.98. The van der Waals surface area contributed by atoms with E-state index in [1.54, 1.807) is 0 Å². The Bertz CT molecular complexity index is 961. The largest absolute Gasteiger partial charge is 0.435 e. The second kappa shape index (κ2) is 6.16. The van der Waals surface area contributed by atoms with Crippen molar-refractivity contribution in [3.05, 3.63) is 65.4 Å². The van der Waals surface area contributed by atoms with Crippen molar-refractivity contribution < 1.29 is 22.8 Å². The molecule has 2 aromatic carbocycles. The number of hydrogen-bond acceptors (Lipinski definition) is 4. The van der Waals surface area contributed by atoms with E-state index < -0.39 is 34.9 Å². The predicted molar refractivity (Wildman–Crippen MR) is 84.3 cm³/mol. The third kappa shape index (κ3) is 2.97. The van der Waals surface area contributed by atoms with Gasteiger partial charge in [0, 0.05) is 11.1 Å². The van der Waals surface area contributed by atoms with Gasteiger partial charge in [0.05, 0.1) is 0 Å². The molecule has 3 aromatic rings. The van der Waals surface area contributed by atoms with Crippen LogP contribution in [0.3, 0.4) is 0 Å². The summed E-state index contributed by atoms with van der Waals surface area (Å²) in [6.45, 7) is 0. The molecule has 0 fully saturated rings. The maximum atomic E-state index is 13.9. The van der Waals surface area contributed by atoms with Gasteiger partial charge in [0.1, 0.15) is 17.2 Å². The number of oxazole rings is 1. The number of benzene rings is 2. The van der Waals surface area contributed by atoms with E-state index in [4.69, 9.17) is 15.9 Å². The molecule has 0 atom stereocenters. The summed E-state index contributed by atoms with van der Waals surface area (Å²) in [6.07, 6.45) is 0. The van der Waals surface area contributed by atoms with E-state index in [1.165, 1.54) is 30.3 Å². The number of halogens is 2. The number of primary amides is 2. The van der Waals surface area contributed by atoms with Crippen LogP contribution in [0.2, 0.25) is 0 Å². The van der Waals surface area contributed by atoms with Crippen molar-refractivity contribution in [1.82, 2.24) is 4.98 Å². The normalized spacial score (nSPS) is 10.6. The molecule has 0 saturated heterocycles. The SMILES string of the molecule is NC(=O)c1ccc(-c2oc(-c3c(F)cccc3F)nc2C(N)=O)cc1. The van der Waals surface area contributed by atoms with E-state index in [0.717, 1.165) is 12.1 Å². The minimum absolute atomic E-state index is 0.0684. The van der Waals surface area contributed by atoms with Crippen molar-refractivity contribution in [2.24, 2.45) is 11.5 Å². The third-order valence-electron chi connectivity index (χ3n) is 3.47. The van der Waals surface area contributed by atoms with E-state index in [0.29, 0.717) is 5.56 Å². The van der Waals surface area contributed by atoms with E-state index in [2.05, 4.69) is 4.98 Å². The van der Waals surface area contributed by atoms with Crippen LogP contribution in [-0.4, -0.2) is 16.8 Å². The second-order valence-electron chi connectivity index (χ2n) is 5.10. The summed E-state index contributed by atoms with van der Waals surface area (Å²) in [5.74, 6) is -3.84. The Kier molecular flexibility index (Phi) is 4.02. The molecular formula is C17H11F2N3O3. The summed E-state index contributed by atoms with van der Waals surface area (Å²) >= 11 is 0. The Morgan fingerprint density at radius 3 is 2.04 bits per heavy atom. The van der Waals surface area contributed by atoms with Gasteiger partial charge in [-0.25, -0.2) is 13.8 Å². The molecule has 0 aliphatic carbocycles. The summed E-state index contributed by atoms with van der Waals surface area (Å²) in [4.78, 5) is 26.6. The van der Waals surface area contributed by atoms with Crippen molar-refractivity contribution in [3.8, 4) is 22.8 Å². The van der Waals surface area contributed by atoms with Gasteiger partial charge < -0.3 is 15.9 Å². The Morgan fingerprint density at radius 2 is 1.52 bits per heavy atom. The van der Waals surface area contributed by atoms with Crippen molar-refractivity contribution in [2.45, 2.75) is 0 Å². The van der Waals surface area contributed by atoms with Crippen LogP contribution >= 0.6 is 0 Å². The first kappa shape index (κ1) is 16.3. The van der Waals surface area contributed by atoms with Gasteiger partial charge in [-0.2, -0.15) is 0 Å². The Hall–Kier alpha value is -3.55. The van der Waals surface area contributed by atoms with Crippen LogP contribution in [0.25, 0.3) is 22.8 Å².